The lowest BCUT2D eigenvalue weighted by Crippen LogP contribution is -2.45. The number of nitrogens with zero attached hydrogens (tertiary/aromatic N) is 2. The van der Waals surface area contributed by atoms with Crippen molar-refractivity contribution in [2.24, 2.45) is 0 Å². The van der Waals surface area contributed by atoms with Gasteiger partial charge in [0.05, 0.1) is 6.54 Å². The minimum Gasteiger partial charge on any atom is -0.460 e. The Morgan fingerprint density at radius 2 is 1.95 bits per heavy atom. The Bertz CT molecular complexity index is 430. The average molecular weight is 304 g/mol. The monoisotopic (exact) mass is 303 g/mol. The van der Waals surface area contributed by atoms with Crippen LogP contribution in [-0.2, 0) is 16.1 Å². The first-order valence-electron chi connectivity index (χ1n) is 6.04. The molecule has 0 amide bonds. The number of aromatic nitrogens is 1. The van der Waals surface area contributed by atoms with Crippen molar-refractivity contribution in [2.75, 3.05) is 32.7 Å². The van der Waals surface area contributed by atoms with E-state index >= 15 is 0 Å². The maximum absolute atomic E-state index is 11.7. The molecule has 0 saturated carbocycles. The van der Waals surface area contributed by atoms with Gasteiger partial charge in [-0.1, -0.05) is 23.2 Å². The predicted octanol–water partition coefficient (Wildman–Crippen LogP) is 1.34. The molecule has 1 aliphatic heterocycles. The van der Waals surface area contributed by atoms with Crippen LogP contribution in [0.5, 0.6) is 0 Å². The van der Waals surface area contributed by atoms with Crippen LogP contribution in [0.1, 0.15) is 5.56 Å². The summed E-state index contributed by atoms with van der Waals surface area (Å²) in [5, 5.41) is 3.81. The molecule has 0 bridgehead atoms. The molecule has 1 N–H and O–H groups in total. The molecule has 19 heavy (non-hydrogen) atoms. The van der Waals surface area contributed by atoms with Crippen molar-refractivity contribution in [1.82, 2.24) is 15.2 Å². The minimum absolute atomic E-state index is 0.160. The van der Waals surface area contributed by atoms with E-state index < -0.39 is 0 Å². The maximum atomic E-state index is 11.7. The van der Waals surface area contributed by atoms with E-state index in [4.69, 9.17) is 27.9 Å². The third kappa shape index (κ3) is 4.95. The standard InChI is InChI=1S/C12H15Cl2N3O2/c13-10-5-9(6-11(14)16-10)8-19-12(18)7-17-3-1-15-2-4-17/h5-6,15H,1-4,7-8H2. The molecule has 0 radical (unpaired) electrons. The third-order valence-corrected chi connectivity index (χ3v) is 3.17. The summed E-state index contributed by atoms with van der Waals surface area (Å²) in [5.41, 5.74) is 0.735. The molecule has 1 aromatic heterocycles. The van der Waals surface area contributed by atoms with Crippen LogP contribution in [0.4, 0.5) is 0 Å². The zero-order valence-corrected chi connectivity index (χ0v) is 11.9. The summed E-state index contributed by atoms with van der Waals surface area (Å²) in [4.78, 5) is 17.6. The van der Waals surface area contributed by atoms with E-state index in [1.165, 1.54) is 0 Å². The van der Waals surface area contributed by atoms with Crippen molar-refractivity contribution in [3.8, 4) is 0 Å². The van der Waals surface area contributed by atoms with E-state index in [9.17, 15) is 4.79 Å². The number of pyridine rings is 1. The molecule has 0 aromatic carbocycles. The highest BCUT2D eigenvalue weighted by molar-refractivity contribution is 6.32. The Labute approximate surface area is 121 Å². The average Bonchev–Trinajstić information content (AvgIpc) is 2.36. The van der Waals surface area contributed by atoms with Gasteiger partial charge < -0.3 is 10.1 Å². The number of carbonyl (C=O) groups excluding carboxylic acids is 1. The first-order valence-corrected chi connectivity index (χ1v) is 6.80. The van der Waals surface area contributed by atoms with Gasteiger partial charge in [-0.15, -0.1) is 0 Å². The lowest BCUT2D eigenvalue weighted by atomic mass is 10.3. The summed E-state index contributed by atoms with van der Waals surface area (Å²) in [7, 11) is 0. The fourth-order valence-electron chi connectivity index (χ4n) is 1.86. The predicted molar refractivity (Wildman–Crippen MR) is 73.4 cm³/mol. The molecule has 2 heterocycles. The first-order chi connectivity index (χ1) is 9.13. The van der Waals surface area contributed by atoms with E-state index in [0.717, 1.165) is 31.7 Å². The highest BCUT2D eigenvalue weighted by Crippen LogP contribution is 2.15. The SMILES string of the molecule is O=C(CN1CCNCC1)OCc1cc(Cl)nc(Cl)c1. The molecule has 0 unspecified atom stereocenters. The number of hydrogen-bond acceptors (Lipinski definition) is 5. The normalized spacial score (nSPS) is 16.3. The lowest BCUT2D eigenvalue weighted by molar-refractivity contribution is -0.146. The quantitative estimate of drug-likeness (QED) is 0.672. The van der Waals surface area contributed by atoms with Gasteiger partial charge in [0.25, 0.3) is 0 Å². The summed E-state index contributed by atoms with van der Waals surface area (Å²) >= 11 is 11.5. The fraction of sp³-hybridized carbons (Fsp3) is 0.500. The third-order valence-electron chi connectivity index (χ3n) is 2.78. The Kier molecular flexibility index (Phi) is 5.39. The molecule has 7 heteroatoms. The highest BCUT2D eigenvalue weighted by atomic mass is 35.5. The van der Waals surface area contributed by atoms with E-state index in [1.807, 2.05) is 0 Å². The second-order valence-corrected chi connectivity index (χ2v) is 5.08. The first kappa shape index (κ1) is 14.5. The molecule has 1 aliphatic rings. The Morgan fingerprint density at radius 3 is 2.58 bits per heavy atom. The topological polar surface area (TPSA) is 54.5 Å². The van der Waals surface area contributed by atoms with Gasteiger partial charge >= 0.3 is 5.97 Å². The Hall–Kier alpha value is -0.880. The molecule has 104 valence electrons. The van der Waals surface area contributed by atoms with Crippen LogP contribution in [0.3, 0.4) is 0 Å². The van der Waals surface area contributed by atoms with Crippen molar-refractivity contribution in [3.63, 3.8) is 0 Å². The molecule has 0 aliphatic carbocycles. The number of esters is 1. The molecule has 5 nitrogen and oxygen atoms in total. The number of hydrogen-bond donors (Lipinski definition) is 1. The number of ether oxygens (including phenoxy) is 1. The Balaban J connectivity index is 1.79. The number of halogens is 2. The smallest absolute Gasteiger partial charge is 0.320 e. The number of rotatable bonds is 4. The maximum Gasteiger partial charge on any atom is 0.320 e. The molecular formula is C12H15Cl2N3O2. The molecule has 0 spiro atoms. The van der Waals surface area contributed by atoms with Crippen LogP contribution in [0.25, 0.3) is 0 Å². The van der Waals surface area contributed by atoms with Gasteiger partial charge in [0.15, 0.2) is 0 Å². The largest absolute Gasteiger partial charge is 0.460 e. The highest BCUT2D eigenvalue weighted by Gasteiger charge is 2.14. The number of carbonyl (C=O) groups is 1. The van der Waals surface area contributed by atoms with Crippen molar-refractivity contribution in [3.05, 3.63) is 28.0 Å². The van der Waals surface area contributed by atoms with Gasteiger partial charge in [0.1, 0.15) is 16.9 Å². The molecule has 1 aromatic rings. The molecular weight excluding hydrogens is 289 g/mol. The lowest BCUT2D eigenvalue weighted by Gasteiger charge is -2.25. The minimum atomic E-state index is -0.244. The second-order valence-electron chi connectivity index (χ2n) is 4.31. The van der Waals surface area contributed by atoms with Gasteiger partial charge in [0, 0.05) is 26.2 Å². The van der Waals surface area contributed by atoms with Gasteiger partial charge in [-0.25, -0.2) is 4.98 Å². The van der Waals surface area contributed by atoms with Crippen molar-refractivity contribution < 1.29 is 9.53 Å². The zero-order chi connectivity index (χ0) is 13.7. The van der Waals surface area contributed by atoms with E-state index in [-0.39, 0.29) is 12.6 Å². The molecule has 1 fully saturated rings. The van der Waals surface area contributed by atoms with Crippen LogP contribution in [0.2, 0.25) is 10.3 Å². The van der Waals surface area contributed by atoms with E-state index in [1.54, 1.807) is 12.1 Å². The number of nitrogens with one attached hydrogen (secondary N) is 1. The Morgan fingerprint density at radius 1 is 1.32 bits per heavy atom. The summed E-state index contributed by atoms with van der Waals surface area (Å²) in [5.74, 6) is -0.244. The van der Waals surface area contributed by atoms with E-state index in [0.29, 0.717) is 16.9 Å². The van der Waals surface area contributed by atoms with Gasteiger partial charge in [0.2, 0.25) is 0 Å². The van der Waals surface area contributed by atoms with Crippen LogP contribution in [0.15, 0.2) is 12.1 Å². The summed E-state index contributed by atoms with van der Waals surface area (Å²) in [6.07, 6.45) is 0. The molecule has 1 saturated heterocycles. The number of piperazine rings is 1. The van der Waals surface area contributed by atoms with Gasteiger partial charge in [-0.2, -0.15) is 0 Å². The van der Waals surface area contributed by atoms with E-state index in [2.05, 4.69) is 15.2 Å². The van der Waals surface area contributed by atoms with Crippen LogP contribution in [-0.4, -0.2) is 48.6 Å². The fourth-order valence-corrected chi connectivity index (χ4v) is 2.36. The summed E-state index contributed by atoms with van der Waals surface area (Å²) in [6, 6.07) is 3.26. The second kappa shape index (κ2) is 7.05. The van der Waals surface area contributed by atoms with Crippen LogP contribution >= 0.6 is 23.2 Å². The van der Waals surface area contributed by atoms with Crippen LogP contribution < -0.4 is 5.32 Å². The summed E-state index contributed by atoms with van der Waals surface area (Å²) < 4.78 is 5.19. The molecule has 0 atom stereocenters. The van der Waals surface area contributed by atoms with Gasteiger partial charge in [-0.3, -0.25) is 9.69 Å². The van der Waals surface area contributed by atoms with Crippen molar-refractivity contribution >= 4 is 29.2 Å². The van der Waals surface area contributed by atoms with Gasteiger partial charge in [-0.05, 0) is 17.7 Å². The van der Waals surface area contributed by atoms with Crippen molar-refractivity contribution in [1.29, 1.82) is 0 Å². The van der Waals surface area contributed by atoms with Crippen LogP contribution in [0, 0.1) is 0 Å². The molecule has 2 rings (SSSR count). The summed E-state index contributed by atoms with van der Waals surface area (Å²) in [6.45, 7) is 4.01. The zero-order valence-electron chi connectivity index (χ0n) is 10.4. The van der Waals surface area contributed by atoms with Crippen molar-refractivity contribution in [2.45, 2.75) is 6.61 Å².